The Kier molecular flexibility index (Phi) is 6.16. The van der Waals surface area contributed by atoms with Crippen LogP contribution in [0.1, 0.15) is 10.4 Å². The zero-order valence-corrected chi connectivity index (χ0v) is 15.5. The Hall–Kier alpha value is -2.77. The largest absolute Gasteiger partial charge is 0.378 e. The summed E-state index contributed by atoms with van der Waals surface area (Å²) in [6.07, 6.45) is 0. The van der Waals surface area contributed by atoms with Gasteiger partial charge in [-0.15, -0.1) is 0 Å². The van der Waals surface area contributed by atoms with Crippen molar-refractivity contribution in [3.63, 3.8) is 0 Å². The highest BCUT2D eigenvalue weighted by Gasteiger charge is 2.11. The molecule has 1 saturated heterocycles. The van der Waals surface area contributed by atoms with E-state index in [1.807, 2.05) is 24.3 Å². The molecule has 2 amide bonds. The van der Waals surface area contributed by atoms with Gasteiger partial charge in [0.05, 0.1) is 30.3 Å². The lowest BCUT2D eigenvalue weighted by atomic mass is 10.2. The minimum Gasteiger partial charge on any atom is -0.378 e. The number of hydrogen-bond donors (Lipinski definition) is 3. The Labute approximate surface area is 162 Å². The van der Waals surface area contributed by atoms with Gasteiger partial charge in [0.2, 0.25) is 11.8 Å². The maximum absolute atomic E-state index is 12.1. The van der Waals surface area contributed by atoms with E-state index in [-0.39, 0.29) is 23.0 Å². The predicted octanol–water partition coefficient (Wildman–Crippen LogP) is 2.33. The Bertz CT molecular complexity index is 820. The molecule has 7 nitrogen and oxygen atoms in total. The molecule has 0 aliphatic carbocycles. The normalized spacial score (nSPS) is 13.9. The molecular weight excluding hydrogens is 368 g/mol. The third-order valence-corrected chi connectivity index (χ3v) is 4.53. The van der Waals surface area contributed by atoms with E-state index in [0.29, 0.717) is 5.69 Å². The van der Waals surface area contributed by atoms with Gasteiger partial charge in [0.25, 0.3) is 0 Å². The van der Waals surface area contributed by atoms with E-state index in [2.05, 4.69) is 15.5 Å². The number of amides is 2. The molecule has 0 aromatic heterocycles. The fourth-order valence-electron chi connectivity index (χ4n) is 2.79. The summed E-state index contributed by atoms with van der Waals surface area (Å²) in [4.78, 5) is 25.5. The first-order valence-electron chi connectivity index (χ1n) is 8.59. The summed E-state index contributed by atoms with van der Waals surface area (Å²) < 4.78 is 5.35. The number of hydrogen-bond acceptors (Lipinski definition) is 5. The van der Waals surface area contributed by atoms with Crippen molar-refractivity contribution in [3.8, 4) is 0 Å². The van der Waals surface area contributed by atoms with Gasteiger partial charge < -0.3 is 26.0 Å². The molecule has 3 rings (SSSR count). The number of morpholine rings is 1. The van der Waals surface area contributed by atoms with E-state index in [4.69, 9.17) is 22.1 Å². The molecule has 1 heterocycles. The van der Waals surface area contributed by atoms with Crippen LogP contribution >= 0.6 is 11.6 Å². The quantitative estimate of drug-likeness (QED) is 0.705. The summed E-state index contributed by atoms with van der Waals surface area (Å²) in [5.41, 5.74) is 7.92. The average molecular weight is 389 g/mol. The third-order valence-electron chi connectivity index (χ3n) is 4.21. The van der Waals surface area contributed by atoms with Gasteiger partial charge in [0.15, 0.2) is 0 Å². The SMILES string of the molecule is NC(=O)c1ccc(NCC(=O)Nc2ccc(N3CCOCC3)cc2)cc1Cl. The fourth-order valence-corrected chi connectivity index (χ4v) is 3.06. The summed E-state index contributed by atoms with van der Waals surface area (Å²) >= 11 is 6.00. The highest BCUT2D eigenvalue weighted by Crippen LogP contribution is 2.21. The van der Waals surface area contributed by atoms with Gasteiger partial charge in [-0.3, -0.25) is 9.59 Å². The van der Waals surface area contributed by atoms with Gasteiger partial charge >= 0.3 is 0 Å². The first kappa shape index (κ1) is 19.0. The van der Waals surface area contributed by atoms with Crippen LogP contribution in [0, 0.1) is 0 Å². The smallest absolute Gasteiger partial charge is 0.250 e. The lowest BCUT2D eigenvalue weighted by Gasteiger charge is -2.28. The second-order valence-corrected chi connectivity index (χ2v) is 6.51. The van der Waals surface area contributed by atoms with E-state index in [9.17, 15) is 9.59 Å². The van der Waals surface area contributed by atoms with Gasteiger partial charge in [-0.1, -0.05) is 11.6 Å². The standard InChI is InChI=1S/C19H21ClN4O3/c20-17-11-14(3-6-16(17)19(21)26)22-12-18(25)23-13-1-4-15(5-2-13)24-7-9-27-10-8-24/h1-6,11,22H,7-10,12H2,(H2,21,26)(H,23,25). The van der Waals surface area contributed by atoms with Crippen molar-refractivity contribution < 1.29 is 14.3 Å². The van der Waals surface area contributed by atoms with Crippen LogP contribution in [0.3, 0.4) is 0 Å². The van der Waals surface area contributed by atoms with Crippen LogP contribution in [0.2, 0.25) is 5.02 Å². The molecule has 1 aliphatic rings. The van der Waals surface area contributed by atoms with Crippen molar-refractivity contribution in [1.82, 2.24) is 0 Å². The Morgan fingerprint density at radius 2 is 1.74 bits per heavy atom. The second kappa shape index (κ2) is 8.75. The molecule has 142 valence electrons. The number of carbonyl (C=O) groups is 2. The Morgan fingerprint density at radius 1 is 1.07 bits per heavy atom. The number of primary amides is 1. The van der Waals surface area contributed by atoms with Gasteiger partial charge in [-0.25, -0.2) is 0 Å². The number of halogens is 1. The zero-order chi connectivity index (χ0) is 19.2. The molecule has 0 unspecified atom stereocenters. The van der Waals surface area contributed by atoms with E-state index >= 15 is 0 Å². The highest BCUT2D eigenvalue weighted by atomic mass is 35.5. The van der Waals surface area contributed by atoms with Crippen LogP contribution in [0.25, 0.3) is 0 Å². The number of anilines is 3. The Balaban J connectivity index is 1.51. The number of rotatable bonds is 6. The van der Waals surface area contributed by atoms with Gasteiger partial charge in [-0.2, -0.15) is 0 Å². The molecular formula is C19H21ClN4O3. The summed E-state index contributed by atoms with van der Waals surface area (Å²) in [5.74, 6) is -0.783. The lowest BCUT2D eigenvalue weighted by molar-refractivity contribution is -0.114. The minimum absolute atomic E-state index is 0.0669. The fraction of sp³-hybridized carbons (Fsp3) is 0.263. The molecule has 0 atom stereocenters. The molecule has 0 radical (unpaired) electrons. The minimum atomic E-state index is -0.593. The van der Waals surface area contributed by atoms with Gasteiger partial charge in [0.1, 0.15) is 0 Å². The zero-order valence-electron chi connectivity index (χ0n) is 14.7. The summed E-state index contributed by atoms with van der Waals surface area (Å²) in [6, 6.07) is 12.5. The Morgan fingerprint density at radius 3 is 2.37 bits per heavy atom. The van der Waals surface area contributed by atoms with Crippen LogP contribution in [-0.4, -0.2) is 44.7 Å². The van der Waals surface area contributed by atoms with Crippen molar-refractivity contribution >= 4 is 40.5 Å². The van der Waals surface area contributed by atoms with Gasteiger partial charge in [0, 0.05) is 30.2 Å². The topological polar surface area (TPSA) is 96.7 Å². The molecule has 4 N–H and O–H groups in total. The van der Waals surface area contributed by atoms with Crippen LogP contribution in [0.5, 0.6) is 0 Å². The molecule has 2 aromatic rings. The summed E-state index contributed by atoms with van der Waals surface area (Å²) in [6.45, 7) is 3.26. The van der Waals surface area contributed by atoms with Crippen LogP contribution in [-0.2, 0) is 9.53 Å². The van der Waals surface area contributed by atoms with E-state index < -0.39 is 5.91 Å². The van der Waals surface area contributed by atoms with Crippen LogP contribution < -0.4 is 21.3 Å². The van der Waals surface area contributed by atoms with Crippen molar-refractivity contribution in [3.05, 3.63) is 53.1 Å². The molecule has 0 spiro atoms. The first-order chi connectivity index (χ1) is 13.0. The average Bonchev–Trinajstić information content (AvgIpc) is 2.67. The maximum atomic E-state index is 12.1. The molecule has 1 aliphatic heterocycles. The van der Waals surface area contributed by atoms with E-state index in [1.54, 1.807) is 12.1 Å². The predicted molar refractivity (Wildman–Crippen MR) is 107 cm³/mol. The third kappa shape index (κ3) is 5.12. The number of ether oxygens (including phenoxy) is 1. The molecule has 1 fully saturated rings. The molecule has 0 bridgehead atoms. The number of nitrogens with one attached hydrogen (secondary N) is 2. The highest BCUT2D eigenvalue weighted by molar-refractivity contribution is 6.34. The van der Waals surface area contributed by atoms with Crippen LogP contribution in [0.15, 0.2) is 42.5 Å². The number of nitrogens with zero attached hydrogens (tertiary/aromatic N) is 1. The number of carbonyl (C=O) groups excluding carboxylic acids is 2. The number of benzene rings is 2. The lowest BCUT2D eigenvalue weighted by Crippen LogP contribution is -2.36. The second-order valence-electron chi connectivity index (χ2n) is 6.11. The van der Waals surface area contributed by atoms with Crippen molar-refractivity contribution in [2.24, 2.45) is 5.73 Å². The molecule has 0 saturated carbocycles. The van der Waals surface area contributed by atoms with E-state index in [0.717, 1.165) is 37.7 Å². The summed E-state index contributed by atoms with van der Waals surface area (Å²) in [7, 11) is 0. The molecule has 8 heteroatoms. The molecule has 27 heavy (non-hydrogen) atoms. The van der Waals surface area contributed by atoms with Crippen molar-refractivity contribution in [1.29, 1.82) is 0 Å². The van der Waals surface area contributed by atoms with Crippen molar-refractivity contribution in [2.45, 2.75) is 0 Å². The maximum Gasteiger partial charge on any atom is 0.250 e. The summed E-state index contributed by atoms with van der Waals surface area (Å²) in [5, 5.41) is 6.04. The number of nitrogens with two attached hydrogens (primary N) is 1. The van der Waals surface area contributed by atoms with Crippen molar-refractivity contribution in [2.75, 3.05) is 48.4 Å². The van der Waals surface area contributed by atoms with E-state index in [1.165, 1.54) is 6.07 Å². The van der Waals surface area contributed by atoms with Crippen LogP contribution in [0.4, 0.5) is 17.1 Å². The first-order valence-corrected chi connectivity index (χ1v) is 8.96. The van der Waals surface area contributed by atoms with Gasteiger partial charge in [-0.05, 0) is 42.5 Å². The monoisotopic (exact) mass is 388 g/mol. The molecule has 2 aromatic carbocycles.